The number of nitrogens with zero attached hydrogens (tertiary/aromatic N) is 4. The van der Waals surface area contributed by atoms with Gasteiger partial charge in [-0.3, -0.25) is 0 Å². The van der Waals surface area contributed by atoms with E-state index in [9.17, 15) is 0 Å². The lowest BCUT2D eigenvalue weighted by Crippen LogP contribution is -2.00. The number of furan rings is 1. The average Bonchev–Trinajstić information content (AvgIpc) is 3.89. The van der Waals surface area contributed by atoms with Crippen molar-refractivity contribution < 1.29 is 4.42 Å². The van der Waals surface area contributed by atoms with Crippen LogP contribution in [0.2, 0.25) is 0 Å². The predicted octanol–water partition coefficient (Wildman–Crippen LogP) is 15.2. The molecular weight excluding hydrogens is 769 g/mol. The topological polar surface area (TPSA) is 56.7 Å². The number of para-hydroxylation sites is 1. The number of aromatic nitrogens is 4. The van der Waals surface area contributed by atoms with Crippen LogP contribution in [0.25, 0.3) is 117 Å². The molecule has 9 aromatic carbocycles. The largest absolute Gasteiger partial charge is 0.456 e. The van der Waals surface area contributed by atoms with Gasteiger partial charge in [-0.2, -0.15) is 0 Å². The fourth-order valence-corrected chi connectivity index (χ4v) is 9.06. The van der Waals surface area contributed by atoms with E-state index in [0.29, 0.717) is 17.5 Å². The summed E-state index contributed by atoms with van der Waals surface area (Å²) in [6, 6.07) is 74.7. The maximum absolute atomic E-state index is 6.51. The van der Waals surface area contributed by atoms with Crippen LogP contribution in [0.3, 0.4) is 0 Å². The second kappa shape index (κ2) is 14.9. The molecule has 0 fully saturated rings. The van der Waals surface area contributed by atoms with Gasteiger partial charge in [-0.25, -0.2) is 15.0 Å². The Morgan fingerprint density at radius 2 is 0.825 bits per heavy atom. The fourth-order valence-electron chi connectivity index (χ4n) is 9.06. The summed E-state index contributed by atoms with van der Waals surface area (Å²) in [4.78, 5) is 15.1. The van der Waals surface area contributed by atoms with Crippen molar-refractivity contribution in [2.75, 3.05) is 0 Å². The maximum atomic E-state index is 6.51. The molecule has 0 amide bonds. The molecule has 3 heterocycles. The maximum Gasteiger partial charge on any atom is 0.164 e. The zero-order chi connectivity index (χ0) is 41.9. The number of rotatable bonds is 7. The summed E-state index contributed by atoms with van der Waals surface area (Å²) >= 11 is 0. The van der Waals surface area contributed by atoms with Crippen LogP contribution in [-0.2, 0) is 0 Å². The zero-order valence-electron chi connectivity index (χ0n) is 34.4. The van der Waals surface area contributed by atoms with Gasteiger partial charge in [-0.15, -0.1) is 0 Å². The molecule has 0 atom stereocenters. The van der Waals surface area contributed by atoms with Crippen molar-refractivity contribution >= 4 is 43.7 Å². The normalized spacial score (nSPS) is 11.6. The van der Waals surface area contributed by atoms with Crippen molar-refractivity contribution in [1.29, 1.82) is 0 Å². The smallest absolute Gasteiger partial charge is 0.164 e. The minimum atomic E-state index is 0.596. The predicted molar refractivity (Wildman–Crippen MR) is 259 cm³/mol. The standard InChI is InChI=1S/C58H38N4O/c1-37-14-11-19-40(32-37)43-26-29-51-48(34-43)49-35-44(27-30-52(49)62(51)46-22-9-4-10-23-46)41-20-12-21-42(33-41)45-28-31-53-50(36-45)55-47(24-13-25-54(55)63-53)58-60-56(38-15-5-2-6-16-38)59-57(61-58)39-17-7-3-8-18-39/h2-36H,1H3. The van der Waals surface area contributed by atoms with Crippen molar-refractivity contribution in [3.63, 3.8) is 0 Å². The molecule has 63 heavy (non-hydrogen) atoms. The first kappa shape index (κ1) is 36.4. The molecular formula is C58H38N4O. The highest BCUT2D eigenvalue weighted by Gasteiger charge is 2.19. The van der Waals surface area contributed by atoms with Gasteiger partial charge in [0.1, 0.15) is 11.2 Å². The fraction of sp³-hybridized carbons (Fsp3) is 0.0172. The zero-order valence-corrected chi connectivity index (χ0v) is 34.4. The van der Waals surface area contributed by atoms with Crippen LogP contribution >= 0.6 is 0 Å². The summed E-state index contributed by atoms with van der Waals surface area (Å²) < 4.78 is 8.89. The van der Waals surface area contributed by atoms with Crippen LogP contribution in [0, 0.1) is 6.92 Å². The van der Waals surface area contributed by atoms with Crippen molar-refractivity contribution in [3.05, 3.63) is 218 Å². The van der Waals surface area contributed by atoms with E-state index in [0.717, 1.165) is 66.6 Å². The Balaban J connectivity index is 0.980. The van der Waals surface area contributed by atoms with Gasteiger partial charge in [0, 0.05) is 43.9 Å². The highest BCUT2D eigenvalue weighted by atomic mass is 16.3. The van der Waals surface area contributed by atoms with Gasteiger partial charge in [0.25, 0.3) is 0 Å². The van der Waals surface area contributed by atoms with Crippen molar-refractivity contribution in [2.45, 2.75) is 6.92 Å². The molecule has 5 heteroatoms. The molecule has 12 aromatic rings. The van der Waals surface area contributed by atoms with E-state index >= 15 is 0 Å². The lowest BCUT2D eigenvalue weighted by Gasteiger charge is -2.10. The summed E-state index contributed by atoms with van der Waals surface area (Å²) in [6.07, 6.45) is 0. The first-order chi connectivity index (χ1) is 31.1. The molecule has 296 valence electrons. The Labute approximate surface area is 364 Å². The first-order valence-electron chi connectivity index (χ1n) is 21.3. The highest BCUT2D eigenvalue weighted by Crippen LogP contribution is 2.41. The van der Waals surface area contributed by atoms with E-state index < -0.39 is 0 Å². The Morgan fingerprint density at radius 1 is 0.349 bits per heavy atom. The van der Waals surface area contributed by atoms with Crippen molar-refractivity contribution in [2.24, 2.45) is 0 Å². The van der Waals surface area contributed by atoms with Gasteiger partial charge in [-0.1, -0.05) is 157 Å². The lowest BCUT2D eigenvalue weighted by atomic mass is 9.96. The van der Waals surface area contributed by atoms with Crippen LogP contribution < -0.4 is 0 Å². The van der Waals surface area contributed by atoms with Gasteiger partial charge in [0.15, 0.2) is 17.5 Å². The average molecular weight is 807 g/mol. The Morgan fingerprint density at radius 3 is 1.43 bits per heavy atom. The van der Waals surface area contributed by atoms with Crippen LogP contribution in [-0.4, -0.2) is 19.5 Å². The SMILES string of the molecule is Cc1cccc(-c2ccc3c(c2)c2cc(-c4cccc(-c5ccc6oc7cccc(-c8nc(-c9ccccc9)nc(-c9ccccc9)n8)c7c6c5)c4)ccc2n3-c2ccccc2)c1. The van der Waals surface area contributed by atoms with E-state index in [1.54, 1.807) is 0 Å². The third kappa shape index (κ3) is 6.46. The number of hydrogen-bond acceptors (Lipinski definition) is 4. The van der Waals surface area contributed by atoms with Crippen molar-refractivity contribution in [3.8, 4) is 73.2 Å². The molecule has 5 nitrogen and oxygen atoms in total. The molecule has 0 bridgehead atoms. The van der Waals surface area contributed by atoms with Crippen LogP contribution in [0.15, 0.2) is 217 Å². The summed E-state index contributed by atoms with van der Waals surface area (Å²) in [5.74, 6) is 1.84. The summed E-state index contributed by atoms with van der Waals surface area (Å²) in [5, 5.41) is 4.42. The Hall–Kier alpha value is -8.41. The minimum absolute atomic E-state index is 0.596. The number of aryl methyl sites for hydroxylation is 1. The van der Waals surface area contributed by atoms with Crippen LogP contribution in [0.1, 0.15) is 5.56 Å². The molecule has 0 aliphatic carbocycles. The molecule has 0 aliphatic rings. The minimum Gasteiger partial charge on any atom is -0.456 e. The van der Waals surface area contributed by atoms with Gasteiger partial charge in [0.2, 0.25) is 0 Å². The third-order valence-corrected chi connectivity index (χ3v) is 12.1. The highest BCUT2D eigenvalue weighted by molar-refractivity contribution is 6.13. The number of hydrogen-bond donors (Lipinski definition) is 0. The first-order valence-corrected chi connectivity index (χ1v) is 21.3. The molecule has 3 aromatic heterocycles. The van der Waals surface area contributed by atoms with E-state index in [-0.39, 0.29) is 0 Å². The van der Waals surface area contributed by atoms with E-state index in [1.165, 1.54) is 38.5 Å². The van der Waals surface area contributed by atoms with E-state index in [4.69, 9.17) is 19.4 Å². The molecule has 0 spiro atoms. The second-order valence-corrected chi connectivity index (χ2v) is 16.1. The lowest BCUT2D eigenvalue weighted by molar-refractivity contribution is 0.669. The number of fused-ring (bicyclic) bond motifs is 6. The molecule has 0 saturated carbocycles. The molecule has 12 rings (SSSR count). The monoisotopic (exact) mass is 806 g/mol. The van der Waals surface area contributed by atoms with E-state index in [1.807, 2.05) is 72.8 Å². The van der Waals surface area contributed by atoms with Gasteiger partial charge < -0.3 is 8.98 Å². The van der Waals surface area contributed by atoms with Gasteiger partial charge in [-0.05, 0) is 101 Å². The van der Waals surface area contributed by atoms with Crippen LogP contribution in [0.4, 0.5) is 0 Å². The van der Waals surface area contributed by atoms with Gasteiger partial charge >= 0.3 is 0 Å². The molecule has 0 saturated heterocycles. The van der Waals surface area contributed by atoms with Crippen LogP contribution in [0.5, 0.6) is 0 Å². The molecule has 0 unspecified atom stereocenters. The Kier molecular flexibility index (Phi) is 8.64. The quantitative estimate of drug-likeness (QED) is 0.161. The Bertz CT molecular complexity index is 3630. The number of benzene rings is 9. The summed E-state index contributed by atoms with van der Waals surface area (Å²) in [5.41, 5.74) is 16.0. The van der Waals surface area contributed by atoms with Crippen molar-refractivity contribution in [1.82, 2.24) is 19.5 Å². The second-order valence-electron chi connectivity index (χ2n) is 16.1. The third-order valence-electron chi connectivity index (χ3n) is 12.1. The molecule has 0 radical (unpaired) electrons. The summed E-state index contributed by atoms with van der Waals surface area (Å²) in [6.45, 7) is 2.15. The van der Waals surface area contributed by atoms with Gasteiger partial charge in [0.05, 0.1) is 11.0 Å². The van der Waals surface area contributed by atoms with E-state index in [2.05, 4.69) is 151 Å². The summed E-state index contributed by atoms with van der Waals surface area (Å²) in [7, 11) is 0. The molecule has 0 N–H and O–H groups in total. The molecule has 0 aliphatic heterocycles.